The van der Waals surface area contributed by atoms with Gasteiger partial charge in [-0.3, -0.25) is 9.36 Å². The van der Waals surface area contributed by atoms with Gasteiger partial charge < -0.3 is 5.32 Å². The molecular formula is C19H27N5O4S. The van der Waals surface area contributed by atoms with Gasteiger partial charge in [0, 0.05) is 31.7 Å². The highest BCUT2D eigenvalue weighted by Crippen LogP contribution is 2.26. The van der Waals surface area contributed by atoms with Crippen molar-refractivity contribution in [2.45, 2.75) is 39.2 Å². The number of aromatic nitrogens is 3. The number of carbonyl (C=O) groups is 1. The van der Waals surface area contributed by atoms with E-state index in [1.54, 1.807) is 7.05 Å². The predicted molar refractivity (Wildman–Crippen MR) is 110 cm³/mol. The summed E-state index contributed by atoms with van der Waals surface area (Å²) in [6, 6.07) is 5.71. The Morgan fingerprint density at radius 3 is 2.69 bits per heavy atom. The van der Waals surface area contributed by atoms with Crippen LogP contribution in [0.15, 0.2) is 23.0 Å². The molecule has 1 atom stereocenters. The van der Waals surface area contributed by atoms with Gasteiger partial charge in [-0.15, -0.1) is 0 Å². The zero-order valence-electron chi connectivity index (χ0n) is 17.2. The van der Waals surface area contributed by atoms with Crippen LogP contribution in [0, 0.1) is 13.8 Å². The highest BCUT2D eigenvalue weighted by Gasteiger charge is 2.30. The maximum absolute atomic E-state index is 12.6. The van der Waals surface area contributed by atoms with Crippen molar-refractivity contribution in [3.8, 4) is 0 Å². The first-order valence-corrected chi connectivity index (χ1v) is 11.4. The van der Waals surface area contributed by atoms with Crippen molar-refractivity contribution in [2.24, 2.45) is 7.05 Å². The van der Waals surface area contributed by atoms with Crippen LogP contribution < -0.4 is 11.0 Å². The normalized spacial score (nSPS) is 18.0. The number of nitrogens with one attached hydrogen (secondary N) is 1. The second kappa shape index (κ2) is 8.11. The van der Waals surface area contributed by atoms with E-state index in [2.05, 4.69) is 10.4 Å². The Morgan fingerprint density at radius 1 is 1.31 bits per heavy atom. The van der Waals surface area contributed by atoms with Gasteiger partial charge in [0.25, 0.3) is 0 Å². The number of amides is 1. The van der Waals surface area contributed by atoms with Crippen LogP contribution in [0.2, 0.25) is 0 Å². The van der Waals surface area contributed by atoms with Crippen LogP contribution in [0.25, 0.3) is 0 Å². The second-order valence-electron chi connectivity index (χ2n) is 7.68. The van der Waals surface area contributed by atoms with Gasteiger partial charge in [-0.2, -0.15) is 5.10 Å². The summed E-state index contributed by atoms with van der Waals surface area (Å²) >= 11 is 0. The zero-order valence-corrected chi connectivity index (χ0v) is 18.0. The summed E-state index contributed by atoms with van der Waals surface area (Å²) < 4.78 is 27.7. The molecule has 0 unspecified atom stereocenters. The molecule has 2 aromatic rings. The summed E-state index contributed by atoms with van der Waals surface area (Å²) in [5, 5.41) is 7.17. The van der Waals surface area contributed by atoms with Crippen molar-refractivity contribution in [2.75, 3.05) is 24.7 Å². The van der Waals surface area contributed by atoms with Gasteiger partial charge in [-0.05, 0) is 38.3 Å². The Morgan fingerprint density at radius 2 is 2.03 bits per heavy atom. The van der Waals surface area contributed by atoms with E-state index in [0.29, 0.717) is 24.5 Å². The molecule has 158 valence electrons. The molecule has 3 rings (SSSR count). The summed E-state index contributed by atoms with van der Waals surface area (Å²) in [5.74, 6) is -0.0207. The number of aryl methyl sites for hydroxylation is 2. The number of hydrogen-bond acceptors (Lipinski definition) is 5. The fraction of sp³-hybridized carbons (Fsp3) is 0.526. The average Bonchev–Trinajstić information content (AvgIpc) is 2.92. The molecule has 0 radical (unpaired) electrons. The van der Waals surface area contributed by atoms with Crippen LogP contribution in [0.5, 0.6) is 0 Å². The van der Waals surface area contributed by atoms with Crippen molar-refractivity contribution in [3.05, 3.63) is 45.6 Å². The third kappa shape index (κ3) is 4.76. The molecule has 1 aliphatic heterocycles. The third-order valence-corrected chi connectivity index (χ3v) is 6.51. The number of rotatable bonds is 5. The minimum absolute atomic E-state index is 0.181. The average molecular weight is 422 g/mol. The standard InChI is InChI=1S/C19H27N5O4S/c1-13-7-8-16(14(2)10-13)20-17(25)12-24-19(26)22(3)18(21-24)15-6-5-9-23(11-15)29(4,27)28/h7-8,10,15H,5-6,9,11-12H2,1-4H3,(H,20,25)/t15-/m0/s1. The van der Waals surface area contributed by atoms with Gasteiger partial charge in [0.2, 0.25) is 15.9 Å². The molecule has 1 fully saturated rings. The van der Waals surface area contributed by atoms with E-state index in [1.807, 2.05) is 32.0 Å². The molecule has 0 bridgehead atoms. The Bertz CT molecular complexity index is 1090. The molecule has 1 N–H and O–H groups in total. The maximum Gasteiger partial charge on any atom is 0.346 e. The topological polar surface area (TPSA) is 106 Å². The number of carbonyl (C=O) groups excluding carboxylic acids is 1. The first-order valence-electron chi connectivity index (χ1n) is 9.52. The van der Waals surface area contributed by atoms with Crippen LogP contribution in [-0.2, 0) is 28.4 Å². The molecular weight excluding hydrogens is 394 g/mol. The Hall–Kier alpha value is -2.46. The third-order valence-electron chi connectivity index (χ3n) is 5.24. The van der Waals surface area contributed by atoms with Crippen molar-refractivity contribution in [3.63, 3.8) is 0 Å². The minimum atomic E-state index is -3.30. The minimum Gasteiger partial charge on any atom is -0.324 e. The van der Waals surface area contributed by atoms with Gasteiger partial charge >= 0.3 is 5.69 Å². The first kappa shape index (κ1) is 21.3. The summed E-state index contributed by atoms with van der Waals surface area (Å²) in [4.78, 5) is 25.0. The highest BCUT2D eigenvalue weighted by atomic mass is 32.2. The van der Waals surface area contributed by atoms with E-state index in [4.69, 9.17) is 0 Å². The van der Waals surface area contributed by atoms with E-state index >= 15 is 0 Å². The van der Waals surface area contributed by atoms with E-state index < -0.39 is 15.7 Å². The predicted octanol–water partition coefficient (Wildman–Crippen LogP) is 0.976. The van der Waals surface area contributed by atoms with Crippen molar-refractivity contribution in [1.29, 1.82) is 0 Å². The number of hydrogen-bond donors (Lipinski definition) is 1. The van der Waals surface area contributed by atoms with Crippen LogP contribution in [0.1, 0.15) is 35.7 Å². The maximum atomic E-state index is 12.6. The zero-order chi connectivity index (χ0) is 21.3. The molecule has 0 saturated carbocycles. The van der Waals surface area contributed by atoms with Crippen molar-refractivity contribution < 1.29 is 13.2 Å². The van der Waals surface area contributed by atoms with Crippen LogP contribution >= 0.6 is 0 Å². The monoisotopic (exact) mass is 421 g/mol. The fourth-order valence-corrected chi connectivity index (χ4v) is 4.61. The summed E-state index contributed by atoms with van der Waals surface area (Å²) in [7, 11) is -1.70. The number of benzene rings is 1. The van der Waals surface area contributed by atoms with Gasteiger partial charge in [0.15, 0.2) is 0 Å². The van der Waals surface area contributed by atoms with E-state index in [-0.39, 0.29) is 24.9 Å². The molecule has 9 nitrogen and oxygen atoms in total. The Balaban J connectivity index is 1.76. The molecule has 0 spiro atoms. The summed E-state index contributed by atoms with van der Waals surface area (Å²) in [6.45, 7) is 4.44. The van der Waals surface area contributed by atoms with Crippen molar-refractivity contribution >= 4 is 21.6 Å². The highest BCUT2D eigenvalue weighted by molar-refractivity contribution is 7.88. The van der Waals surface area contributed by atoms with E-state index in [0.717, 1.165) is 22.2 Å². The Labute approximate surface area is 170 Å². The lowest BCUT2D eigenvalue weighted by Crippen LogP contribution is -2.39. The second-order valence-corrected chi connectivity index (χ2v) is 9.67. The largest absolute Gasteiger partial charge is 0.346 e. The van der Waals surface area contributed by atoms with Gasteiger partial charge in [0.1, 0.15) is 12.4 Å². The van der Waals surface area contributed by atoms with Gasteiger partial charge in [0.05, 0.1) is 6.26 Å². The first-order chi connectivity index (χ1) is 13.6. The van der Waals surface area contributed by atoms with Gasteiger partial charge in [-0.1, -0.05) is 17.7 Å². The SMILES string of the molecule is Cc1ccc(NC(=O)Cn2nc([C@H]3CCCN(S(C)(=O)=O)C3)n(C)c2=O)c(C)c1. The van der Waals surface area contributed by atoms with E-state index in [9.17, 15) is 18.0 Å². The molecule has 1 aliphatic rings. The summed E-state index contributed by atoms with van der Waals surface area (Å²) in [6.07, 6.45) is 2.63. The molecule has 1 aromatic carbocycles. The van der Waals surface area contributed by atoms with Crippen LogP contribution in [0.3, 0.4) is 0 Å². The molecule has 2 heterocycles. The fourth-order valence-electron chi connectivity index (χ4n) is 3.70. The summed E-state index contributed by atoms with van der Waals surface area (Å²) in [5.41, 5.74) is 2.34. The lowest BCUT2D eigenvalue weighted by Gasteiger charge is -2.30. The van der Waals surface area contributed by atoms with E-state index in [1.165, 1.54) is 15.1 Å². The molecule has 10 heteroatoms. The Kier molecular flexibility index (Phi) is 5.95. The van der Waals surface area contributed by atoms with Crippen LogP contribution in [0.4, 0.5) is 5.69 Å². The molecule has 29 heavy (non-hydrogen) atoms. The smallest absolute Gasteiger partial charge is 0.324 e. The lowest BCUT2D eigenvalue weighted by atomic mass is 9.99. The molecule has 1 amide bonds. The molecule has 1 aromatic heterocycles. The number of piperidine rings is 1. The number of sulfonamides is 1. The van der Waals surface area contributed by atoms with Crippen molar-refractivity contribution in [1.82, 2.24) is 18.7 Å². The van der Waals surface area contributed by atoms with Gasteiger partial charge in [-0.25, -0.2) is 22.2 Å². The number of nitrogens with zero attached hydrogens (tertiary/aromatic N) is 4. The molecule has 1 saturated heterocycles. The van der Waals surface area contributed by atoms with Crippen LogP contribution in [-0.4, -0.2) is 52.3 Å². The number of anilines is 1. The molecule has 0 aliphatic carbocycles. The lowest BCUT2D eigenvalue weighted by molar-refractivity contribution is -0.117. The quantitative estimate of drug-likeness (QED) is 0.774.